The van der Waals surface area contributed by atoms with E-state index in [-0.39, 0.29) is 11.9 Å². The lowest BCUT2D eigenvalue weighted by Crippen LogP contribution is -2.50. The molecule has 0 radical (unpaired) electrons. The summed E-state index contributed by atoms with van der Waals surface area (Å²) in [6.45, 7) is 13.5. The van der Waals surface area contributed by atoms with E-state index in [0.29, 0.717) is 17.8 Å². The molecular formula is C22H35N5O3. The molecule has 2 aliphatic rings. The lowest BCUT2D eigenvalue weighted by molar-refractivity contribution is 0.0144. The van der Waals surface area contributed by atoms with Crippen LogP contribution in [0, 0.1) is 6.92 Å². The molecule has 0 aliphatic carbocycles. The SMILES string of the molecule is Cc1ncc2c(n1)N(CCCCCN1CCN(C(=O)OC(C)(C)C)CC1)CCC2=O. The zero-order valence-electron chi connectivity index (χ0n) is 18.8. The number of nitrogens with zero attached hydrogens (tertiary/aromatic N) is 5. The molecule has 1 aromatic heterocycles. The highest BCUT2D eigenvalue weighted by Crippen LogP contribution is 2.24. The second-order valence-electron chi connectivity index (χ2n) is 9.18. The quantitative estimate of drug-likeness (QED) is 0.659. The number of Topliss-reactive ketones (excluding diaryl/α,β-unsaturated/α-hetero) is 1. The first kappa shape index (κ1) is 22.5. The Morgan fingerprint density at radius 1 is 1.07 bits per heavy atom. The Bertz CT molecular complexity index is 754. The first-order valence-electron chi connectivity index (χ1n) is 11.0. The Balaban J connectivity index is 1.34. The summed E-state index contributed by atoms with van der Waals surface area (Å²) in [5, 5.41) is 0. The number of amides is 1. The fraction of sp³-hybridized carbons (Fsp3) is 0.727. The molecule has 0 bridgehead atoms. The van der Waals surface area contributed by atoms with Crippen LogP contribution in [0.5, 0.6) is 0 Å². The molecular weight excluding hydrogens is 382 g/mol. The van der Waals surface area contributed by atoms with Crippen LogP contribution in [0.2, 0.25) is 0 Å². The molecule has 0 atom stereocenters. The van der Waals surface area contributed by atoms with E-state index in [1.807, 2.05) is 27.7 Å². The third-order valence-corrected chi connectivity index (χ3v) is 5.52. The van der Waals surface area contributed by atoms with Crippen molar-refractivity contribution in [1.29, 1.82) is 0 Å². The van der Waals surface area contributed by atoms with Crippen LogP contribution >= 0.6 is 0 Å². The fourth-order valence-electron chi connectivity index (χ4n) is 3.89. The molecule has 0 spiro atoms. The average molecular weight is 418 g/mol. The van der Waals surface area contributed by atoms with Crippen LogP contribution in [-0.4, -0.2) is 83.1 Å². The number of fused-ring (bicyclic) bond motifs is 1. The number of hydrogen-bond acceptors (Lipinski definition) is 7. The van der Waals surface area contributed by atoms with E-state index in [1.165, 1.54) is 0 Å². The van der Waals surface area contributed by atoms with Crippen molar-refractivity contribution in [3.8, 4) is 0 Å². The fourth-order valence-corrected chi connectivity index (χ4v) is 3.89. The molecule has 0 aromatic carbocycles. The Hall–Kier alpha value is -2.22. The predicted octanol–water partition coefficient (Wildman–Crippen LogP) is 2.90. The van der Waals surface area contributed by atoms with Crippen molar-refractivity contribution >= 4 is 17.7 Å². The largest absolute Gasteiger partial charge is 0.444 e. The van der Waals surface area contributed by atoms with E-state index < -0.39 is 5.60 Å². The minimum Gasteiger partial charge on any atom is -0.444 e. The number of piperazine rings is 1. The second kappa shape index (κ2) is 9.73. The summed E-state index contributed by atoms with van der Waals surface area (Å²) < 4.78 is 5.46. The first-order chi connectivity index (χ1) is 14.2. The van der Waals surface area contributed by atoms with Gasteiger partial charge in [0.1, 0.15) is 17.2 Å². The number of aryl methyl sites for hydroxylation is 1. The van der Waals surface area contributed by atoms with Crippen LogP contribution in [0.1, 0.15) is 62.6 Å². The normalized spacial score (nSPS) is 17.8. The summed E-state index contributed by atoms with van der Waals surface area (Å²) in [4.78, 5) is 39.4. The van der Waals surface area contributed by atoms with E-state index in [4.69, 9.17) is 4.74 Å². The molecule has 2 aliphatic heterocycles. The molecule has 1 aromatic rings. The molecule has 0 N–H and O–H groups in total. The Kier molecular flexibility index (Phi) is 7.28. The van der Waals surface area contributed by atoms with Crippen molar-refractivity contribution < 1.29 is 14.3 Å². The Morgan fingerprint density at radius 2 is 1.77 bits per heavy atom. The van der Waals surface area contributed by atoms with Gasteiger partial charge in [0.2, 0.25) is 0 Å². The highest BCUT2D eigenvalue weighted by atomic mass is 16.6. The van der Waals surface area contributed by atoms with Gasteiger partial charge >= 0.3 is 6.09 Å². The van der Waals surface area contributed by atoms with Gasteiger partial charge in [0.05, 0.1) is 5.56 Å². The smallest absolute Gasteiger partial charge is 0.410 e. The number of unbranched alkanes of at least 4 members (excludes halogenated alkanes) is 2. The number of ether oxygens (including phenoxy) is 1. The van der Waals surface area contributed by atoms with Gasteiger partial charge in [0.15, 0.2) is 5.78 Å². The molecule has 3 rings (SSSR count). The van der Waals surface area contributed by atoms with Gasteiger partial charge in [-0.2, -0.15) is 0 Å². The molecule has 1 saturated heterocycles. The van der Waals surface area contributed by atoms with Crippen LogP contribution < -0.4 is 4.90 Å². The zero-order chi connectivity index (χ0) is 21.7. The summed E-state index contributed by atoms with van der Waals surface area (Å²) in [5.41, 5.74) is 0.218. The van der Waals surface area contributed by atoms with Crippen molar-refractivity contribution in [1.82, 2.24) is 19.8 Å². The molecule has 1 fully saturated rings. The van der Waals surface area contributed by atoms with E-state index in [1.54, 1.807) is 11.1 Å². The average Bonchev–Trinajstić information content (AvgIpc) is 2.68. The van der Waals surface area contributed by atoms with Gasteiger partial charge in [0.25, 0.3) is 0 Å². The van der Waals surface area contributed by atoms with Crippen molar-refractivity contribution in [2.75, 3.05) is 50.7 Å². The predicted molar refractivity (Wildman–Crippen MR) is 116 cm³/mol. The van der Waals surface area contributed by atoms with Crippen molar-refractivity contribution in [2.24, 2.45) is 0 Å². The van der Waals surface area contributed by atoms with Crippen LogP contribution in [0.3, 0.4) is 0 Å². The third-order valence-electron chi connectivity index (χ3n) is 5.52. The van der Waals surface area contributed by atoms with Crippen LogP contribution in [0.4, 0.5) is 10.6 Å². The molecule has 3 heterocycles. The maximum atomic E-state index is 12.1. The summed E-state index contributed by atoms with van der Waals surface area (Å²) in [6.07, 6.45) is 5.35. The Morgan fingerprint density at radius 3 is 2.47 bits per heavy atom. The Labute approximate surface area is 179 Å². The minimum atomic E-state index is -0.443. The number of rotatable bonds is 6. The van der Waals surface area contributed by atoms with Crippen LogP contribution in [0.25, 0.3) is 0 Å². The molecule has 1 amide bonds. The molecule has 30 heavy (non-hydrogen) atoms. The standard InChI is InChI=1S/C22H35N5O3/c1-17-23-16-18-19(28)8-11-26(20(18)24-17)10-7-5-6-9-25-12-14-27(15-13-25)21(29)30-22(2,3)4/h16H,5-15H2,1-4H3. The lowest BCUT2D eigenvalue weighted by Gasteiger charge is -2.35. The van der Waals surface area contributed by atoms with E-state index in [2.05, 4.69) is 19.8 Å². The van der Waals surface area contributed by atoms with Crippen LogP contribution in [-0.2, 0) is 4.74 Å². The monoisotopic (exact) mass is 417 g/mol. The van der Waals surface area contributed by atoms with Gasteiger partial charge in [-0.05, 0) is 47.1 Å². The highest BCUT2D eigenvalue weighted by molar-refractivity contribution is 6.02. The van der Waals surface area contributed by atoms with Gasteiger partial charge in [0, 0.05) is 51.9 Å². The van der Waals surface area contributed by atoms with Gasteiger partial charge < -0.3 is 14.5 Å². The number of carbonyl (C=O) groups is 2. The van der Waals surface area contributed by atoms with Crippen molar-refractivity contribution in [3.63, 3.8) is 0 Å². The number of hydrogen-bond donors (Lipinski definition) is 0. The highest BCUT2D eigenvalue weighted by Gasteiger charge is 2.26. The van der Waals surface area contributed by atoms with E-state index in [9.17, 15) is 9.59 Å². The number of anilines is 1. The van der Waals surface area contributed by atoms with Gasteiger partial charge in [-0.15, -0.1) is 0 Å². The molecule has 8 nitrogen and oxygen atoms in total. The zero-order valence-corrected chi connectivity index (χ0v) is 18.8. The maximum Gasteiger partial charge on any atom is 0.410 e. The molecule has 166 valence electrons. The number of ketones is 1. The van der Waals surface area contributed by atoms with Crippen molar-refractivity contribution in [3.05, 3.63) is 17.6 Å². The molecule has 8 heteroatoms. The van der Waals surface area contributed by atoms with E-state index in [0.717, 1.165) is 70.9 Å². The summed E-state index contributed by atoms with van der Waals surface area (Å²) in [7, 11) is 0. The van der Waals surface area contributed by atoms with Crippen LogP contribution in [0.15, 0.2) is 6.20 Å². The lowest BCUT2D eigenvalue weighted by atomic mass is 10.1. The first-order valence-corrected chi connectivity index (χ1v) is 11.0. The van der Waals surface area contributed by atoms with Gasteiger partial charge in [-0.25, -0.2) is 14.8 Å². The van der Waals surface area contributed by atoms with E-state index >= 15 is 0 Å². The third kappa shape index (κ3) is 6.14. The molecule has 0 saturated carbocycles. The second-order valence-corrected chi connectivity index (χ2v) is 9.18. The summed E-state index contributed by atoms with van der Waals surface area (Å²) >= 11 is 0. The van der Waals surface area contributed by atoms with Gasteiger partial charge in [-0.1, -0.05) is 6.42 Å². The molecule has 0 unspecified atom stereocenters. The summed E-state index contributed by atoms with van der Waals surface area (Å²) in [5.74, 6) is 1.66. The summed E-state index contributed by atoms with van der Waals surface area (Å²) in [6, 6.07) is 0. The maximum absolute atomic E-state index is 12.1. The van der Waals surface area contributed by atoms with Gasteiger partial charge in [-0.3, -0.25) is 9.69 Å². The van der Waals surface area contributed by atoms with Crippen molar-refractivity contribution in [2.45, 2.75) is 59.0 Å². The number of carbonyl (C=O) groups excluding carboxylic acids is 2. The topological polar surface area (TPSA) is 78.9 Å². The number of aromatic nitrogens is 2. The minimum absolute atomic E-state index is 0.145.